The zero-order valence-electron chi connectivity index (χ0n) is 5.80. The van der Waals surface area contributed by atoms with Crippen LogP contribution in [-0.2, 0) is 0 Å². The number of halogens is 2. The monoisotopic (exact) mass is 144 g/mol. The van der Waals surface area contributed by atoms with Crippen molar-refractivity contribution in [2.75, 3.05) is 0 Å². The molecule has 0 aromatic heterocycles. The fourth-order valence-electron chi connectivity index (χ4n) is 0.415. The lowest BCUT2D eigenvalue weighted by Gasteiger charge is -1.87. The summed E-state index contributed by atoms with van der Waals surface area (Å²) in [6, 6.07) is 0. The molecule has 1 atom stereocenters. The standard InChI is InChI=1S/C8H10F2/c1-2-3-4-5-8(10)6-7-9/h2-8H,1H3/b3-2-,5-4?,7-6+. The normalized spacial score (nSPS) is 15.9. The van der Waals surface area contributed by atoms with Crippen molar-refractivity contribution in [3.63, 3.8) is 0 Å². The van der Waals surface area contributed by atoms with Crippen LogP contribution in [0.5, 0.6) is 0 Å². The zero-order chi connectivity index (χ0) is 7.82. The first-order valence-electron chi connectivity index (χ1n) is 3.01. The largest absolute Gasteiger partial charge is 0.238 e. The van der Waals surface area contributed by atoms with Gasteiger partial charge in [0.1, 0.15) is 6.17 Å². The Kier molecular flexibility index (Phi) is 5.63. The second kappa shape index (κ2) is 6.20. The molecule has 2 heteroatoms. The summed E-state index contributed by atoms with van der Waals surface area (Å²) in [6.07, 6.45) is 5.95. The highest BCUT2D eigenvalue weighted by atomic mass is 19.1. The molecule has 0 aromatic carbocycles. The van der Waals surface area contributed by atoms with Gasteiger partial charge in [-0.2, -0.15) is 0 Å². The molecule has 0 radical (unpaired) electrons. The fourth-order valence-corrected chi connectivity index (χ4v) is 0.415. The van der Waals surface area contributed by atoms with Gasteiger partial charge in [-0.05, 0) is 19.1 Å². The predicted molar refractivity (Wildman–Crippen MR) is 39.1 cm³/mol. The Hall–Kier alpha value is -0.920. The third-order valence-corrected chi connectivity index (χ3v) is 0.855. The average Bonchev–Trinajstić information content (AvgIpc) is 1.89. The van der Waals surface area contributed by atoms with Crippen LogP contribution in [0.1, 0.15) is 6.92 Å². The van der Waals surface area contributed by atoms with Crippen molar-refractivity contribution in [2.24, 2.45) is 0 Å². The van der Waals surface area contributed by atoms with Crippen molar-refractivity contribution in [1.82, 2.24) is 0 Å². The van der Waals surface area contributed by atoms with Gasteiger partial charge in [0.15, 0.2) is 0 Å². The van der Waals surface area contributed by atoms with Crippen molar-refractivity contribution in [3.05, 3.63) is 36.7 Å². The maximum atomic E-state index is 12.3. The molecular formula is C8H10F2. The van der Waals surface area contributed by atoms with E-state index in [4.69, 9.17) is 0 Å². The Labute approximate surface area is 59.6 Å². The van der Waals surface area contributed by atoms with E-state index in [9.17, 15) is 8.78 Å². The number of allylic oxidation sites excluding steroid dienone is 5. The quantitative estimate of drug-likeness (QED) is 0.534. The van der Waals surface area contributed by atoms with Gasteiger partial charge in [0.05, 0.1) is 6.33 Å². The molecule has 0 rings (SSSR count). The second-order valence-electron chi connectivity index (χ2n) is 1.67. The van der Waals surface area contributed by atoms with E-state index in [0.29, 0.717) is 0 Å². The lowest BCUT2D eigenvalue weighted by Crippen LogP contribution is -1.85. The maximum Gasteiger partial charge on any atom is 0.139 e. The molecule has 0 heterocycles. The smallest absolute Gasteiger partial charge is 0.139 e. The molecule has 0 amide bonds. The molecule has 1 unspecified atom stereocenters. The first-order chi connectivity index (χ1) is 4.81. The summed E-state index contributed by atoms with van der Waals surface area (Å²) in [5.74, 6) is 0. The summed E-state index contributed by atoms with van der Waals surface area (Å²) in [5.41, 5.74) is 0. The SMILES string of the molecule is C/C=C\C=CC(F)/C=C/F. The van der Waals surface area contributed by atoms with E-state index in [1.807, 2.05) is 6.92 Å². The summed E-state index contributed by atoms with van der Waals surface area (Å²) < 4.78 is 23.6. The fraction of sp³-hybridized carbons (Fsp3) is 0.250. The van der Waals surface area contributed by atoms with Gasteiger partial charge < -0.3 is 0 Å². The summed E-state index contributed by atoms with van der Waals surface area (Å²) in [5, 5.41) is 0. The molecular weight excluding hydrogens is 134 g/mol. The maximum absolute atomic E-state index is 12.3. The number of alkyl halides is 1. The molecule has 0 bridgehead atoms. The minimum atomic E-state index is -1.32. The van der Waals surface area contributed by atoms with Gasteiger partial charge in [-0.3, -0.25) is 0 Å². The molecule has 0 aliphatic carbocycles. The van der Waals surface area contributed by atoms with Gasteiger partial charge in [-0.15, -0.1) is 0 Å². The summed E-state index contributed by atoms with van der Waals surface area (Å²) in [4.78, 5) is 0. The van der Waals surface area contributed by atoms with Gasteiger partial charge >= 0.3 is 0 Å². The minimum Gasteiger partial charge on any atom is -0.238 e. The van der Waals surface area contributed by atoms with Gasteiger partial charge in [-0.25, -0.2) is 8.78 Å². The molecule has 0 nitrogen and oxygen atoms in total. The van der Waals surface area contributed by atoms with E-state index >= 15 is 0 Å². The molecule has 0 saturated heterocycles. The van der Waals surface area contributed by atoms with Crippen LogP contribution in [0.4, 0.5) is 8.78 Å². The van der Waals surface area contributed by atoms with Crippen LogP contribution in [0.3, 0.4) is 0 Å². The van der Waals surface area contributed by atoms with E-state index in [1.54, 1.807) is 12.2 Å². The van der Waals surface area contributed by atoms with E-state index in [-0.39, 0.29) is 6.33 Å². The average molecular weight is 144 g/mol. The highest BCUT2D eigenvalue weighted by Gasteiger charge is 1.90. The van der Waals surface area contributed by atoms with E-state index in [2.05, 4.69) is 0 Å². The molecule has 56 valence electrons. The summed E-state index contributed by atoms with van der Waals surface area (Å²) in [7, 11) is 0. The van der Waals surface area contributed by atoms with Crippen LogP contribution in [0.25, 0.3) is 0 Å². The van der Waals surface area contributed by atoms with E-state index < -0.39 is 6.17 Å². The topological polar surface area (TPSA) is 0 Å². The molecule has 0 fully saturated rings. The Morgan fingerprint density at radius 1 is 1.20 bits per heavy atom. The van der Waals surface area contributed by atoms with Crippen LogP contribution in [-0.4, -0.2) is 6.17 Å². The molecule has 0 aromatic rings. The van der Waals surface area contributed by atoms with Gasteiger partial charge in [-0.1, -0.05) is 18.2 Å². The van der Waals surface area contributed by atoms with Crippen molar-refractivity contribution < 1.29 is 8.78 Å². The van der Waals surface area contributed by atoms with Gasteiger partial charge in [0.25, 0.3) is 0 Å². The molecule has 0 saturated carbocycles. The Balaban J connectivity index is 3.65. The van der Waals surface area contributed by atoms with Crippen LogP contribution in [0, 0.1) is 0 Å². The van der Waals surface area contributed by atoms with Crippen molar-refractivity contribution in [1.29, 1.82) is 0 Å². The highest BCUT2D eigenvalue weighted by Crippen LogP contribution is 1.95. The Morgan fingerprint density at radius 2 is 1.90 bits per heavy atom. The van der Waals surface area contributed by atoms with Gasteiger partial charge in [0, 0.05) is 0 Å². The zero-order valence-corrected chi connectivity index (χ0v) is 5.80. The summed E-state index contributed by atoms with van der Waals surface area (Å²) >= 11 is 0. The lowest BCUT2D eigenvalue weighted by atomic mass is 10.3. The van der Waals surface area contributed by atoms with Gasteiger partial charge in [0.2, 0.25) is 0 Å². The third-order valence-electron chi connectivity index (χ3n) is 0.855. The Morgan fingerprint density at radius 3 is 2.40 bits per heavy atom. The van der Waals surface area contributed by atoms with Crippen LogP contribution in [0.15, 0.2) is 36.7 Å². The molecule has 0 aliphatic rings. The first-order valence-corrected chi connectivity index (χ1v) is 3.01. The highest BCUT2D eigenvalue weighted by molar-refractivity contribution is 5.07. The minimum absolute atomic E-state index is 0.199. The second-order valence-corrected chi connectivity index (χ2v) is 1.67. The molecule has 0 N–H and O–H groups in total. The van der Waals surface area contributed by atoms with Crippen LogP contribution in [0.2, 0.25) is 0 Å². The Bertz CT molecular complexity index is 145. The predicted octanol–water partition coefficient (Wildman–Crippen LogP) is 2.94. The number of rotatable bonds is 3. The molecule has 0 aliphatic heterocycles. The molecule has 0 spiro atoms. The lowest BCUT2D eigenvalue weighted by molar-refractivity contribution is 0.464. The first kappa shape index (κ1) is 9.08. The van der Waals surface area contributed by atoms with Crippen LogP contribution >= 0.6 is 0 Å². The molecule has 10 heavy (non-hydrogen) atoms. The summed E-state index contributed by atoms with van der Waals surface area (Å²) in [6.45, 7) is 1.82. The van der Waals surface area contributed by atoms with Crippen molar-refractivity contribution in [3.8, 4) is 0 Å². The van der Waals surface area contributed by atoms with E-state index in [0.717, 1.165) is 6.08 Å². The number of hydrogen-bond acceptors (Lipinski definition) is 0. The third kappa shape index (κ3) is 5.22. The van der Waals surface area contributed by atoms with E-state index in [1.165, 1.54) is 12.2 Å². The number of hydrogen-bond donors (Lipinski definition) is 0. The van der Waals surface area contributed by atoms with Crippen molar-refractivity contribution >= 4 is 0 Å². The van der Waals surface area contributed by atoms with Crippen molar-refractivity contribution in [2.45, 2.75) is 13.1 Å². The van der Waals surface area contributed by atoms with Crippen LogP contribution < -0.4 is 0 Å².